The molecular weight excluding hydrogens is 156 g/mol. The van der Waals surface area contributed by atoms with Crippen LogP contribution >= 0.6 is 0 Å². The lowest BCUT2D eigenvalue weighted by atomic mass is 10.2. The fraction of sp³-hybridized carbons (Fsp3) is 0.750. The van der Waals surface area contributed by atoms with Crippen molar-refractivity contribution in [2.24, 2.45) is 0 Å². The molecule has 1 saturated heterocycles. The van der Waals surface area contributed by atoms with Crippen molar-refractivity contribution >= 4 is 5.91 Å². The SMILES string of the molecule is CC1CN(C(=O)C#N)CC(C)O1. The Kier molecular flexibility index (Phi) is 2.66. The second-order valence-electron chi connectivity index (χ2n) is 3.08. The molecule has 0 saturated carbocycles. The van der Waals surface area contributed by atoms with Crippen LogP contribution in [0.4, 0.5) is 0 Å². The number of carbonyl (C=O) groups is 1. The van der Waals surface area contributed by atoms with Crippen LogP contribution in [0.25, 0.3) is 0 Å². The van der Waals surface area contributed by atoms with Gasteiger partial charge in [0.25, 0.3) is 0 Å². The number of hydrogen-bond acceptors (Lipinski definition) is 3. The maximum Gasteiger partial charge on any atom is 0.325 e. The lowest BCUT2D eigenvalue weighted by Gasteiger charge is -2.33. The first-order valence-corrected chi connectivity index (χ1v) is 3.98. The minimum atomic E-state index is -0.461. The zero-order chi connectivity index (χ0) is 9.14. The Morgan fingerprint density at radius 3 is 2.42 bits per heavy atom. The molecule has 0 aromatic heterocycles. The van der Waals surface area contributed by atoms with Gasteiger partial charge in [-0.15, -0.1) is 0 Å². The summed E-state index contributed by atoms with van der Waals surface area (Å²) < 4.78 is 5.41. The number of carbonyl (C=O) groups excluding carboxylic acids is 1. The molecule has 0 bridgehead atoms. The maximum atomic E-state index is 11.0. The highest BCUT2D eigenvalue weighted by Crippen LogP contribution is 2.09. The molecule has 0 aliphatic carbocycles. The highest BCUT2D eigenvalue weighted by molar-refractivity contribution is 5.91. The molecule has 1 aliphatic rings. The molecule has 0 spiro atoms. The zero-order valence-electron chi connectivity index (χ0n) is 7.28. The van der Waals surface area contributed by atoms with E-state index in [-0.39, 0.29) is 12.2 Å². The van der Waals surface area contributed by atoms with Crippen molar-refractivity contribution in [1.29, 1.82) is 5.26 Å². The van der Waals surface area contributed by atoms with Crippen LogP contribution in [0, 0.1) is 11.3 Å². The van der Waals surface area contributed by atoms with Gasteiger partial charge in [0.2, 0.25) is 0 Å². The third kappa shape index (κ3) is 1.95. The molecule has 0 N–H and O–H groups in total. The average Bonchev–Trinajstić information content (AvgIpc) is 2.01. The molecule has 0 aromatic rings. The third-order valence-electron chi connectivity index (χ3n) is 1.80. The van der Waals surface area contributed by atoms with Gasteiger partial charge in [0.1, 0.15) is 0 Å². The number of morpholine rings is 1. The van der Waals surface area contributed by atoms with Gasteiger partial charge < -0.3 is 9.64 Å². The lowest BCUT2D eigenvalue weighted by molar-refractivity contribution is -0.137. The summed E-state index contributed by atoms with van der Waals surface area (Å²) in [5, 5.41) is 8.38. The van der Waals surface area contributed by atoms with Crippen molar-refractivity contribution in [3.05, 3.63) is 0 Å². The van der Waals surface area contributed by atoms with Crippen LogP contribution in [0.3, 0.4) is 0 Å². The quantitative estimate of drug-likeness (QED) is 0.484. The number of amides is 1. The van der Waals surface area contributed by atoms with Crippen molar-refractivity contribution < 1.29 is 9.53 Å². The van der Waals surface area contributed by atoms with Gasteiger partial charge in [0, 0.05) is 13.1 Å². The smallest absolute Gasteiger partial charge is 0.325 e. The molecule has 4 nitrogen and oxygen atoms in total. The molecule has 0 aromatic carbocycles. The van der Waals surface area contributed by atoms with E-state index in [4.69, 9.17) is 10.00 Å². The summed E-state index contributed by atoms with van der Waals surface area (Å²) in [6.07, 6.45) is 0.0668. The monoisotopic (exact) mass is 168 g/mol. The van der Waals surface area contributed by atoms with Gasteiger partial charge in [-0.2, -0.15) is 5.26 Å². The van der Waals surface area contributed by atoms with Crippen molar-refractivity contribution in [1.82, 2.24) is 4.90 Å². The third-order valence-corrected chi connectivity index (χ3v) is 1.80. The predicted molar refractivity (Wildman–Crippen MR) is 42.2 cm³/mol. The Morgan fingerprint density at radius 1 is 1.50 bits per heavy atom. The number of ether oxygens (including phenoxy) is 1. The van der Waals surface area contributed by atoms with E-state index in [1.165, 1.54) is 4.90 Å². The summed E-state index contributed by atoms with van der Waals surface area (Å²) in [7, 11) is 0. The standard InChI is InChI=1S/C8H12N2O2/c1-6-4-10(8(11)3-9)5-7(2)12-6/h6-7H,4-5H2,1-2H3. The van der Waals surface area contributed by atoms with Crippen LogP contribution in [0.1, 0.15) is 13.8 Å². The van der Waals surface area contributed by atoms with Crippen molar-refractivity contribution in [2.45, 2.75) is 26.1 Å². The Balaban J connectivity index is 2.56. The molecular formula is C8H12N2O2. The first kappa shape index (κ1) is 9.01. The Morgan fingerprint density at radius 2 is 2.00 bits per heavy atom. The molecule has 2 atom stereocenters. The molecule has 66 valence electrons. The van der Waals surface area contributed by atoms with E-state index in [1.807, 2.05) is 13.8 Å². The van der Waals surface area contributed by atoms with Crippen molar-refractivity contribution in [2.75, 3.05) is 13.1 Å². The number of hydrogen-bond donors (Lipinski definition) is 0. The normalized spacial score (nSPS) is 29.6. The minimum absolute atomic E-state index is 0.0334. The summed E-state index contributed by atoms with van der Waals surface area (Å²) in [6, 6.07) is 1.61. The maximum absolute atomic E-state index is 11.0. The van der Waals surface area contributed by atoms with E-state index in [9.17, 15) is 4.79 Å². The molecule has 1 rings (SSSR count). The zero-order valence-corrected chi connectivity index (χ0v) is 7.28. The fourth-order valence-corrected chi connectivity index (χ4v) is 1.41. The van der Waals surface area contributed by atoms with E-state index in [2.05, 4.69) is 0 Å². The van der Waals surface area contributed by atoms with Crippen LogP contribution in [-0.4, -0.2) is 36.1 Å². The molecule has 1 fully saturated rings. The van der Waals surface area contributed by atoms with E-state index < -0.39 is 5.91 Å². The van der Waals surface area contributed by atoms with Gasteiger partial charge in [-0.05, 0) is 13.8 Å². The highest BCUT2D eigenvalue weighted by atomic mass is 16.5. The summed E-state index contributed by atoms with van der Waals surface area (Å²) >= 11 is 0. The average molecular weight is 168 g/mol. The summed E-state index contributed by atoms with van der Waals surface area (Å²) in [4.78, 5) is 12.5. The summed E-state index contributed by atoms with van der Waals surface area (Å²) in [5.74, 6) is -0.461. The minimum Gasteiger partial charge on any atom is -0.372 e. The van der Waals surface area contributed by atoms with Crippen LogP contribution < -0.4 is 0 Å². The van der Waals surface area contributed by atoms with Gasteiger partial charge in [0.05, 0.1) is 12.2 Å². The Bertz CT molecular complexity index is 212. The van der Waals surface area contributed by atoms with Gasteiger partial charge in [-0.1, -0.05) is 0 Å². The molecule has 2 unspecified atom stereocenters. The molecule has 1 amide bonds. The number of nitrogens with zero attached hydrogens (tertiary/aromatic N) is 2. The molecule has 1 heterocycles. The topological polar surface area (TPSA) is 53.3 Å². The molecule has 12 heavy (non-hydrogen) atoms. The van der Waals surface area contributed by atoms with Crippen LogP contribution in [0.2, 0.25) is 0 Å². The Hall–Kier alpha value is -1.08. The van der Waals surface area contributed by atoms with Crippen LogP contribution in [0.5, 0.6) is 0 Å². The van der Waals surface area contributed by atoms with E-state index in [0.717, 1.165) is 0 Å². The van der Waals surface area contributed by atoms with Gasteiger partial charge >= 0.3 is 5.91 Å². The fourth-order valence-electron chi connectivity index (χ4n) is 1.41. The van der Waals surface area contributed by atoms with E-state index in [0.29, 0.717) is 13.1 Å². The predicted octanol–water partition coefficient (Wildman–Crippen LogP) is 0.146. The first-order valence-electron chi connectivity index (χ1n) is 3.98. The largest absolute Gasteiger partial charge is 0.372 e. The van der Waals surface area contributed by atoms with Crippen molar-refractivity contribution in [3.8, 4) is 6.07 Å². The summed E-state index contributed by atoms with van der Waals surface area (Å²) in [6.45, 7) is 4.84. The molecule has 1 aliphatic heterocycles. The summed E-state index contributed by atoms with van der Waals surface area (Å²) in [5.41, 5.74) is 0. The number of rotatable bonds is 0. The second kappa shape index (κ2) is 3.55. The highest BCUT2D eigenvalue weighted by Gasteiger charge is 2.25. The lowest BCUT2D eigenvalue weighted by Crippen LogP contribution is -2.47. The van der Waals surface area contributed by atoms with E-state index in [1.54, 1.807) is 6.07 Å². The van der Waals surface area contributed by atoms with Gasteiger partial charge in [-0.3, -0.25) is 4.79 Å². The Labute approximate surface area is 71.7 Å². The second-order valence-corrected chi connectivity index (χ2v) is 3.08. The first-order chi connectivity index (χ1) is 5.63. The van der Waals surface area contributed by atoms with Crippen LogP contribution in [0.15, 0.2) is 0 Å². The van der Waals surface area contributed by atoms with E-state index >= 15 is 0 Å². The molecule has 4 heteroatoms. The molecule has 0 radical (unpaired) electrons. The van der Waals surface area contributed by atoms with Crippen molar-refractivity contribution in [3.63, 3.8) is 0 Å². The van der Waals surface area contributed by atoms with Gasteiger partial charge in [-0.25, -0.2) is 0 Å². The van der Waals surface area contributed by atoms with Gasteiger partial charge in [0.15, 0.2) is 6.07 Å². The van der Waals surface area contributed by atoms with Crippen LogP contribution in [-0.2, 0) is 9.53 Å². The number of nitriles is 1.